The highest BCUT2D eigenvalue weighted by Gasteiger charge is 2.70. The number of hydrogen-bond acceptors (Lipinski definition) is 6. The summed E-state index contributed by atoms with van der Waals surface area (Å²) in [6, 6.07) is 27.7. The summed E-state index contributed by atoms with van der Waals surface area (Å²) in [5, 5.41) is 10.9. The van der Waals surface area contributed by atoms with Crippen LogP contribution in [-0.4, -0.2) is 34.5 Å². The van der Waals surface area contributed by atoms with Crippen LogP contribution < -0.4 is 9.80 Å². The van der Waals surface area contributed by atoms with E-state index in [0.29, 0.717) is 33.1 Å². The van der Waals surface area contributed by atoms with Gasteiger partial charge in [0.1, 0.15) is 5.75 Å². The van der Waals surface area contributed by atoms with E-state index in [4.69, 9.17) is 11.6 Å². The van der Waals surface area contributed by atoms with Crippen molar-refractivity contribution in [2.75, 3.05) is 9.80 Å². The largest absolute Gasteiger partial charge is 0.508 e. The van der Waals surface area contributed by atoms with Gasteiger partial charge in [0.25, 0.3) is 0 Å². The van der Waals surface area contributed by atoms with Crippen molar-refractivity contribution >= 4 is 52.4 Å². The molecule has 6 atom stereocenters. The van der Waals surface area contributed by atoms with Crippen LogP contribution in [0.25, 0.3) is 0 Å². The summed E-state index contributed by atoms with van der Waals surface area (Å²) in [5.41, 5.74) is 2.67. The van der Waals surface area contributed by atoms with E-state index in [1.165, 1.54) is 16.7 Å². The van der Waals surface area contributed by atoms with Crippen molar-refractivity contribution in [2.45, 2.75) is 38.0 Å². The van der Waals surface area contributed by atoms with Crippen LogP contribution in [0, 0.1) is 30.6 Å². The van der Waals surface area contributed by atoms with Crippen molar-refractivity contribution in [2.24, 2.45) is 23.7 Å². The van der Waals surface area contributed by atoms with Gasteiger partial charge in [0.05, 0.1) is 34.5 Å². The lowest BCUT2D eigenvalue weighted by molar-refractivity contribution is -0.127. The van der Waals surface area contributed by atoms with Crippen LogP contribution in [0.5, 0.6) is 5.75 Å². The number of rotatable bonds is 5. The topological polar surface area (TPSA) is 112 Å². The lowest BCUT2D eigenvalue weighted by Crippen LogP contribution is -2.53. The van der Waals surface area contributed by atoms with Crippen molar-refractivity contribution in [3.8, 4) is 5.75 Å². The second-order valence-electron chi connectivity index (χ2n) is 13.8. The number of anilines is 2. The van der Waals surface area contributed by atoms with Crippen LogP contribution in [0.3, 0.4) is 0 Å². The highest BCUT2D eigenvalue weighted by Crippen LogP contribution is 2.64. The molecule has 1 N–H and O–H groups in total. The van der Waals surface area contributed by atoms with Gasteiger partial charge in [0.15, 0.2) is 5.78 Å². The fourth-order valence-electron chi connectivity index (χ4n) is 9.08. The number of Topliss-reactive ketones (excluding diaryl/α,β-unsaturated/α-hetero) is 1. The molecular formula is C41H33ClN2O6. The van der Waals surface area contributed by atoms with Crippen LogP contribution in [0.1, 0.15) is 52.7 Å². The Hall–Kier alpha value is -5.34. The molecule has 2 aliphatic carbocycles. The normalized spacial score (nSPS) is 27.2. The molecule has 2 aliphatic heterocycles. The number of imide groups is 2. The number of ketones is 1. The molecule has 4 aromatic rings. The molecule has 50 heavy (non-hydrogen) atoms. The highest BCUT2D eigenvalue weighted by molar-refractivity contribution is 6.32. The summed E-state index contributed by atoms with van der Waals surface area (Å²) in [7, 11) is 0. The van der Waals surface area contributed by atoms with E-state index in [0.717, 1.165) is 11.1 Å². The number of amides is 4. The molecule has 250 valence electrons. The third kappa shape index (κ3) is 4.47. The zero-order chi connectivity index (χ0) is 35.1. The number of halogens is 1. The Bertz CT molecular complexity index is 2160. The lowest BCUT2D eigenvalue weighted by Gasteiger charge is -2.50. The van der Waals surface area contributed by atoms with Crippen molar-refractivity contribution < 1.29 is 29.1 Å². The van der Waals surface area contributed by atoms with Gasteiger partial charge in [-0.15, -0.1) is 0 Å². The van der Waals surface area contributed by atoms with E-state index in [-0.39, 0.29) is 42.1 Å². The van der Waals surface area contributed by atoms with Gasteiger partial charge in [-0.2, -0.15) is 0 Å². The van der Waals surface area contributed by atoms with E-state index >= 15 is 4.79 Å². The van der Waals surface area contributed by atoms with E-state index in [1.54, 1.807) is 67.6 Å². The van der Waals surface area contributed by atoms with Crippen molar-refractivity contribution in [3.05, 3.63) is 136 Å². The third-order valence-corrected chi connectivity index (χ3v) is 11.5. The third-order valence-electron chi connectivity index (χ3n) is 11.3. The highest BCUT2D eigenvalue weighted by atomic mass is 35.5. The number of aromatic hydroxyl groups is 1. The molecule has 1 saturated carbocycles. The minimum atomic E-state index is -1.40. The van der Waals surface area contributed by atoms with Gasteiger partial charge in [-0.1, -0.05) is 71.8 Å². The first kappa shape index (κ1) is 31.9. The number of carbonyl (C=O) groups excluding carboxylic acids is 5. The second kappa shape index (κ2) is 11.6. The van der Waals surface area contributed by atoms with Crippen LogP contribution in [0.15, 0.2) is 109 Å². The minimum Gasteiger partial charge on any atom is -0.508 e. The molecule has 8 nitrogen and oxygen atoms in total. The van der Waals surface area contributed by atoms with Gasteiger partial charge >= 0.3 is 0 Å². The SMILES string of the molecule is CC(=O)c1ccc(N2C(=O)C3CC=C4C(CC5C(=O)N(c6cccc(Cl)c6)C(=O)C5(c5ccccc5)C4c4ccc(O)c(C)c4)C3C2=O)cc1. The summed E-state index contributed by atoms with van der Waals surface area (Å²) in [5.74, 6) is -5.00. The number of aryl methyl sites for hydroxylation is 1. The average molecular weight is 685 g/mol. The number of hydrogen-bond donors (Lipinski definition) is 1. The molecule has 0 spiro atoms. The number of allylic oxidation sites excluding steroid dienone is 2. The van der Waals surface area contributed by atoms with Crippen LogP contribution >= 0.6 is 11.6 Å². The molecule has 0 bridgehead atoms. The molecule has 3 fully saturated rings. The number of fused-ring (bicyclic) bond motifs is 4. The number of phenolic OH excluding ortho intramolecular Hbond substituents is 1. The van der Waals surface area contributed by atoms with E-state index < -0.39 is 40.9 Å². The number of benzene rings is 4. The smallest absolute Gasteiger partial charge is 0.246 e. The molecule has 4 amide bonds. The Morgan fingerprint density at radius 3 is 2.22 bits per heavy atom. The number of nitrogens with zero attached hydrogens (tertiary/aromatic N) is 2. The van der Waals surface area contributed by atoms with Crippen LogP contribution in [0.2, 0.25) is 5.02 Å². The quantitative estimate of drug-likeness (QED) is 0.139. The molecule has 0 radical (unpaired) electrons. The Labute approximate surface area is 294 Å². The fourth-order valence-corrected chi connectivity index (χ4v) is 9.26. The molecule has 6 unspecified atom stereocenters. The summed E-state index contributed by atoms with van der Waals surface area (Å²) in [6.45, 7) is 3.24. The molecule has 8 rings (SSSR count). The van der Waals surface area contributed by atoms with Crippen molar-refractivity contribution in [1.82, 2.24) is 0 Å². The van der Waals surface area contributed by atoms with Gasteiger partial charge in [0.2, 0.25) is 23.6 Å². The van der Waals surface area contributed by atoms with Gasteiger partial charge in [-0.25, -0.2) is 4.90 Å². The summed E-state index contributed by atoms with van der Waals surface area (Å²) in [4.78, 5) is 73.0. The molecule has 4 aromatic carbocycles. The molecular weight excluding hydrogens is 652 g/mol. The number of carbonyl (C=O) groups is 5. The van der Waals surface area contributed by atoms with Gasteiger partial charge in [-0.05, 0) is 97.8 Å². The maximum atomic E-state index is 15.3. The molecule has 9 heteroatoms. The maximum Gasteiger partial charge on any atom is 0.246 e. The van der Waals surface area contributed by atoms with E-state index in [9.17, 15) is 24.3 Å². The Balaban J connectivity index is 1.33. The second-order valence-corrected chi connectivity index (χ2v) is 14.2. The Morgan fingerprint density at radius 1 is 0.800 bits per heavy atom. The van der Waals surface area contributed by atoms with Crippen molar-refractivity contribution in [1.29, 1.82) is 0 Å². The van der Waals surface area contributed by atoms with Gasteiger partial charge < -0.3 is 5.11 Å². The van der Waals surface area contributed by atoms with E-state index in [2.05, 4.69) is 0 Å². The first-order valence-corrected chi connectivity index (χ1v) is 17.1. The fraction of sp³-hybridized carbons (Fsp3) is 0.244. The predicted molar refractivity (Wildman–Crippen MR) is 188 cm³/mol. The van der Waals surface area contributed by atoms with Crippen molar-refractivity contribution in [3.63, 3.8) is 0 Å². The summed E-state index contributed by atoms with van der Waals surface area (Å²) in [6.07, 6.45) is 2.46. The summed E-state index contributed by atoms with van der Waals surface area (Å²) >= 11 is 6.39. The first-order chi connectivity index (χ1) is 24.0. The predicted octanol–water partition coefficient (Wildman–Crippen LogP) is 6.92. The molecule has 0 aromatic heterocycles. The minimum absolute atomic E-state index is 0.0986. The molecule has 4 aliphatic rings. The van der Waals surface area contributed by atoms with Crippen LogP contribution in [0.4, 0.5) is 11.4 Å². The average Bonchev–Trinajstić information content (AvgIpc) is 3.50. The Morgan fingerprint density at radius 2 is 1.54 bits per heavy atom. The lowest BCUT2D eigenvalue weighted by atomic mass is 9.49. The zero-order valence-electron chi connectivity index (χ0n) is 27.4. The monoisotopic (exact) mass is 684 g/mol. The van der Waals surface area contributed by atoms with Crippen LogP contribution in [-0.2, 0) is 24.6 Å². The standard InChI is InChI=1S/C41H33ClN2O6/c1-22-19-25(13-18-34(22)46)36-30-16-17-31-35(39(49)43(37(31)47)28-14-11-24(12-15-28)23(2)45)32(30)21-33-38(48)44(29-10-6-9-27(42)20-29)40(50)41(33,36)26-7-4-3-5-8-26/h3-16,18-20,31-33,35-36,46H,17,21H2,1-2H3. The molecule has 2 saturated heterocycles. The number of phenols is 1. The van der Waals surface area contributed by atoms with E-state index in [1.807, 2.05) is 42.5 Å². The summed E-state index contributed by atoms with van der Waals surface area (Å²) < 4.78 is 0. The van der Waals surface area contributed by atoms with Gasteiger partial charge in [0, 0.05) is 16.5 Å². The zero-order valence-corrected chi connectivity index (χ0v) is 28.1. The Kier molecular flexibility index (Phi) is 7.42. The van der Waals surface area contributed by atoms with Gasteiger partial charge in [-0.3, -0.25) is 28.9 Å². The molecule has 2 heterocycles. The maximum absolute atomic E-state index is 15.3. The first-order valence-electron chi connectivity index (χ1n) is 16.7.